The van der Waals surface area contributed by atoms with Crippen LogP contribution in [0.25, 0.3) is 0 Å². The van der Waals surface area contributed by atoms with Crippen LogP contribution in [0.5, 0.6) is 11.5 Å². The van der Waals surface area contributed by atoms with Crippen LogP contribution in [0.4, 0.5) is 5.69 Å². The van der Waals surface area contributed by atoms with Crippen molar-refractivity contribution < 1.29 is 24.0 Å². The van der Waals surface area contributed by atoms with Crippen molar-refractivity contribution in [3.63, 3.8) is 0 Å². The number of nitro benzene ring substituents is 1. The largest absolute Gasteiger partial charge is 0.489 e. The van der Waals surface area contributed by atoms with Crippen molar-refractivity contribution in [2.45, 2.75) is 13.0 Å². The number of hydrogen-bond donors (Lipinski definition) is 0. The lowest BCUT2D eigenvalue weighted by Crippen LogP contribution is -2.29. The maximum atomic E-state index is 12.7. The molecule has 0 aliphatic carbocycles. The highest BCUT2D eigenvalue weighted by molar-refractivity contribution is 6.32. The summed E-state index contributed by atoms with van der Waals surface area (Å²) < 4.78 is 11.2. The molecule has 2 aromatic rings. The molecule has 0 bridgehead atoms. The van der Waals surface area contributed by atoms with Crippen molar-refractivity contribution >= 4 is 29.1 Å². The molecule has 27 heavy (non-hydrogen) atoms. The van der Waals surface area contributed by atoms with Crippen molar-refractivity contribution in [3.05, 3.63) is 62.2 Å². The van der Waals surface area contributed by atoms with Gasteiger partial charge in [0.1, 0.15) is 5.56 Å². The molecule has 2 aliphatic rings. The van der Waals surface area contributed by atoms with Gasteiger partial charge < -0.3 is 9.47 Å². The van der Waals surface area contributed by atoms with E-state index in [0.29, 0.717) is 41.7 Å². The van der Waals surface area contributed by atoms with E-state index >= 15 is 0 Å². The first-order valence-corrected chi connectivity index (χ1v) is 8.57. The number of carbonyl (C=O) groups excluding carboxylic acids is 2. The van der Waals surface area contributed by atoms with Crippen LogP contribution in [0.15, 0.2) is 30.3 Å². The number of nitrogens with zero attached hydrogens (tertiary/aromatic N) is 2. The van der Waals surface area contributed by atoms with Crippen LogP contribution in [0.2, 0.25) is 5.02 Å². The summed E-state index contributed by atoms with van der Waals surface area (Å²) in [5, 5.41) is 11.5. The van der Waals surface area contributed by atoms with Crippen molar-refractivity contribution in [1.82, 2.24) is 4.90 Å². The Morgan fingerprint density at radius 3 is 2.70 bits per heavy atom. The third kappa shape index (κ3) is 2.87. The first-order valence-electron chi connectivity index (χ1n) is 8.19. The molecular formula is C18H13ClN2O6. The molecule has 0 aromatic heterocycles. The van der Waals surface area contributed by atoms with E-state index in [9.17, 15) is 19.7 Å². The zero-order valence-electron chi connectivity index (χ0n) is 13.9. The molecule has 2 heterocycles. The van der Waals surface area contributed by atoms with Gasteiger partial charge in [-0.25, -0.2) is 0 Å². The minimum atomic E-state index is -0.703. The van der Waals surface area contributed by atoms with Crippen molar-refractivity contribution in [2.24, 2.45) is 0 Å². The molecular weight excluding hydrogens is 376 g/mol. The number of rotatable bonds is 3. The Bertz CT molecular complexity index is 990. The maximum absolute atomic E-state index is 12.7. The summed E-state index contributed by atoms with van der Waals surface area (Å²) in [6.45, 7) is 0.861. The monoisotopic (exact) mass is 388 g/mol. The zero-order chi connectivity index (χ0) is 19.1. The second-order valence-corrected chi connectivity index (χ2v) is 6.52. The minimum Gasteiger partial charge on any atom is -0.489 e. The smallest absolute Gasteiger partial charge is 0.282 e. The molecule has 0 spiro atoms. The first kappa shape index (κ1) is 17.3. The Morgan fingerprint density at radius 1 is 1.15 bits per heavy atom. The topological polar surface area (TPSA) is 99.0 Å². The highest BCUT2D eigenvalue weighted by atomic mass is 35.5. The van der Waals surface area contributed by atoms with Gasteiger partial charge in [0.15, 0.2) is 11.5 Å². The van der Waals surface area contributed by atoms with E-state index < -0.39 is 16.7 Å². The Hall–Kier alpha value is -3.13. The molecule has 0 radical (unpaired) electrons. The molecule has 0 saturated carbocycles. The summed E-state index contributed by atoms with van der Waals surface area (Å²) in [5.74, 6) is -0.416. The van der Waals surface area contributed by atoms with E-state index in [1.54, 1.807) is 12.1 Å². The highest BCUT2D eigenvalue weighted by Gasteiger charge is 2.41. The average molecular weight is 389 g/mol. The molecule has 9 heteroatoms. The van der Waals surface area contributed by atoms with Crippen molar-refractivity contribution in [1.29, 1.82) is 0 Å². The third-order valence-electron chi connectivity index (χ3n) is 4.38. The number of carbonyl (C=O) groups is 2. The van der Waals surface area contributed by atoms with Crippen molar-refractivity contribution in [2.75, 3.05) is 13.2 Å². The number of imide groups is 1. The van der Waals surface area contributed by atoms with Gasteiger partial charge in [-0.15, -0.1) is 0 Å². The van der Waals surface area contributed by atoms with E-state index in [-0.39, 0.29) is 23.4 Å². The molecule has 0 atom stereocenters. The molecule has 2 aromatic carbocycles. The number of nitro groups is 1. The Kier molecular flexibility index (Phi) is 4.19. The van der Waals surface area contributed by atoms with E-state index in [1.165, 1.54) is 18.2 Å². The fourth-order valence-corrected chi connectivity index (χ4v) is 3.46. The lowest BCUT2D eigenvalue weighted by atomic mass is 10.1. The van der Waals surface area contributed by atoms with Gasteiger partial charge in [0.05, 0.1) is 35.3 Å². The van der Waals surface area contributed by atoms with Crippen LogP contribution in [0.3, 0.4) is 0 Å². The molecule has 0 unspecified atom stereocenters. The number of amides is 2. The van der Waals surface area contributed by atoms with Crippen LogP contribution >= 0.6 is 11.6 Å². The van der Waals surface area contributed by atoms with Gasteiger partial charge >= 0.3 is 0 Å². The summed E-state index contributed by atoms with van der Waals surface area (Å²) >= 11 is 6.25. The molecule has 0 fully saturated rings. The average Bonchev–Trinajstić information content (AvgIpc) is 2.82. The summed E-state index contributed by atoms with van der Waals surface area (Å²) in [6, 6.07) is 7.25. The second-order valence-electron chi connectivity index (χ2n) is 6.11. The highest BCUT2D eigenvalue weighted by Crippen LogP contribution is 2.39. The fraction of sp³-hybridized carbons (Fsp3) is 0.222. The van der Waals surface area contributed by atoms with Crippen LogP contribution in [-0.2, 0) is 6.54 Å². The SMILES string of the molecule is O=C1c2cccc([N+](=O)[O-])c2C(=O)N1Cc1cc(Cl)c2c(c1)OCCCO2. The van der Waals surface area contributed by atoms with Crippen LogP contribution in [-0.4, -0.2) is 34.9 Å². The maximum Gasteiger partial charge on any atom is 0.282 e. The number of fused-ring (bicyclic) bond motifs is 2. The van der Waals surface area contributed by atoms with Crippen LogP contribution in [0.1, 0.15) is 32.7 Å². The number of hydrogen-bond acceptors (Lipinski definition) is 6. The molecule has 138 valence electrons. The van der Waals surface area contributed by atoms with Gasteiger partial charge in [-0.1, -0.05) is 17.7 Å². The third-order valence-corrected chi connectivity index (χ3v) is 4.66. The van der Waals surface area contributed by atoms with Gasteiger partial charge in [0.2, 0.25) is 0 Å². The van der Waals surface area contributed by atoms with Gasteiger partial charge in [-0.2, -0.15) is 0 Å². The predicted molar refractivity (Wildman–Crippen MR) is 94.4 cm³/mol. The number of halogens is 1. The number of ether oxygens (including phenoxy) is 2. The Balaban J connectivity index is 1.68. The van der Waals surface area contributed by atoms with Crippen molar-refractivity contribution in [3.8, 4) is 11.5 Å². The van der Waals surface area contributed by atoms with E-state index in [4.69, 9.17) is 21.1 Å². The van der Waals surface area contributed by atoms with Crippen LogP contribution < -0.4 is 9.47 Å². The lowest BCUT2D eigenvalue weighted by Gasteiger charge is -2.16. The molecule has 8 nitrogen and oxygen atoms in total. The Labute approximate surface area is 158 Å². The quantitative estimate of drug-likeness (QED) is 0.455. The van der Waals surface area contributed by atoms with Gasteiger partial charge in [0.25, 0.3) is 17.5 Å². The standard InChI is InChI=1S/C18H13ClN2O6/c19-12-7-10(8-14-16(12)27-6-2-5-26-14)9-20-17(22)11-3-1-4-13(21(24)25)15(11)18(20)23/h1,3-4,7-8H,2,5-6,9H2. The molecule has 2 amide bonds. The lowest BCUT2D eigenvalue weighted by molar-refractivity contribution is -0.385. The second kappa shape index (κ2) is 6.55. The normalized spacial score (nSPS) is 15.5. The number of benzene rings is 2. The predicted octanol–water partition coefficient (Wildman–Crippen LogP) is 3.21. The van der Waals surface area contributed by atoms with E-state index in [1.807, 2.05) is 0 Å². The summed E-state index contributed by atoms with van der Waals surface area (Å²) in [7, 11) is 0. The summed E-state index contributed by atoms with van der Waals surface area (Å²) in [6.07, 6.45) is 0.711. The molecule has 4 rings (SSSR count). The summed E-state index contributed by atoms with van der Waals surface area (Å²) in [5.41, 5.74) is 0.00836. The fourth-order valence-electron chi connectivity index (χ4n) is 3.17. The Morgan fingerprint density at radius 2 is 1.93 bits per heavy atom. The first-order chi connectivity index (χ1) is 13.0. The van der Waals surface area contributed by atoms with Gasteiger partial charge in [0, 0.05) is 12.5 Å². The van der Waals surface area contributed by atoms with Gasteiger partial charge in [-0.05, 0) is 23.8 Å². The zero-order valence-corrected chi connectivity index (χ0v) is 14.7. The molecule has 2 aliphatic heterocycles. The van der Waals surface area contributed by atoms with E-state index in [0.717, 1.165) is 4.90 Å². The summed E-state index contributed by atoms with van der Waals surface area (Å²) in [4.78, 5) is 36.8. The molecule has 0 saturated heterocycles. The van der Waals surface area contributed by atoms with Gasteiger partial charge in [-0.3, -0.25) is 24.6 Å². The van der Waals surface area contributed by atoms with Crippen LogP contribution in [0, 0.1) is 10.1 Å². The molecule has 0 N–H and O–H groups in total. The minimum absolute atomic E-state index is 0.0228. The van der Waals surface area contributed by atoms with E-state index in [2.05, 4.69) is 0 Å².